The van der Waals surface area contributed by atoms with Crippen LogP contribution < -0.4 is 0 Å². The zero-order chi connectivity index (χ0) is 19.2. The standard InChI is InChI=1S/C19H23N3O4S/c1-2-27(25,26)22-11-15-10-21(12-19(15,13-22)18(23)24)9-14-5-3-7-17-16(14)6-4-8-20-17/h3-8,15H,2,9-13H2,1H3,(H,23,24)/t15-,19-/m0/s1. The van der Waals surface area contributed by atoms with Gasteiger partial charge < -0.3 is 5.11 Å². The van der Waals surface area contributed by atoms with Gasteiger partial charge >= 0.3 is 5.97 Å². The van der Waals surface area contributed by atoms with E-state index in [0.29, 0.717) is 19.6 Å². The highest BCUT2D eigenvalue weighted by molar-refractivity contribution is 7.89. The van der Waals surface area contributed by atoms with Crippen LogP contribution in [-0.4, -0.2) is 65.6 Å². The van der Waals surface area contributed by atoms with Crippen molar-refractivity contribution in [2.75, 3.05) is 31.9 Å². The number of carbonyl (C=O) groups is 1. The molecule has 2 atom stereocenters. The Morgan fingerprint density at radius 1 is 1.26 bits per heavy atom. The third-order valence-electron chi connectivity index (χ3n) is 5.96. The fourth-order valence-corrected chi connectivity index (χ4v) is 5.69. The van der Waals surface area contributed by atoms with Crippen molar-refractivity contribution in [1.29, 1.82) is 0 Å². The lowest BCUT2D eigenvalue weighted by atomic mass is 9.81. The molecule has 2 saturated heterocycles. The van der Waals surface area contributed by atoms with Gasteiger partial charge in [-0.2, -0.15) is 0 Å². The van der Waals surface area contributed by atoms with Crippen LogP contribution in [0.4, 0.5) is 0 Å². The highest BCUT2D eigenvalue weighted by Crippen LogP contribution is 2.44. The number of fused-ring (bicyclic) bond motifs is 2. The SMILES string of the molecule is CCS(=O)(=O)N1C[C@@H]2CN(Cc3cccc4ncccc34)C[C@]2(C(=O)O)C1. The Morgan fingerprint density at radius 2 is 2.07 bits per heavy atom. The molecule has 2 aromatic rings. The van der Waals surface area contributed by atoms with Gasteiger partial charge in [0.05, 0.1) is 16.7 Å². The first-order chi connectivity index (χ1) is 12.9. The summed E-state index contributed by atoms with van der Waals surface area (Å²) in [5.41, 5.74) is 1.01. The molecule has 0 saturated carbocycles. The Labute approximate surface area is 158 Å². The van der Waals surface area contributed by atoms with Gasteiger partial charge in [0.25, 0.3) is 0 Å². The summed E-state index contributed by atoms with van der Waals surface area (Å²) in [4.78, 5) is 18.6. The van der Waals surface area contributed by atoms with Gasteiger partial charge in [-0.25, -0.2) is 12.7 Å². The van der Waals surface area contributed by atoms with Crippen LogP contribution in [0.2, 0.25) is 0 Å². The number of hydrogen-bond acceptors (Lipinski definition) is 5. The van der Waals surface area contributed by atoms with E-state index in [1.807, 2.05) is 30.3 Å². The van der Waals surface area contributed by atoms with E-state index in [4.69, 9.17) is 0 Å². The minimum atomic E-state index is -3.37. The number of aliphatic carboxylic acids is 1. The van der Waals surface area contributed by atoms with Crippen molar-refractivity contribution in [3.8, 4) is 0 Å². The average molecular weight is 389 g/mol. The third kappa shape index (κ3) is 3.01. The van der Waals surface area contributed by atoms with E-state index in [0.717, 1.165) is 16.5 Å². The molecule has 0 spiro atoms. The number of aromatic nitrogens is 1. The summed E-state index contributed by atoms with van der Waals surface area (Å²) in [6.07, 6.45) is 1.76. The van der Waals surface area contributed by atoms with E-state index in [2.05, 4.69) is 9.88 Å². The van der Waals surface area contributed by atoms with Gasteiger partial charge in [0, 0.05) is 50.2 Å². The number of carboxylic acids is 1. The fourth-order valence-electron chi connectivity index (χ4n) is 4.49. The predicted octanol–water partition coefficient (Wildman–Crippen LogP) is 1.40. The molecule has 2 fully saturated rings. The van der Waals surface area contributed by atoms with Crippen molar-refractivity contribution in [2.24, 2.45) is 11.3 Å². The van der Waals surface area contributed by atoms with Gasteiger partial charge in [-0.15, -0.1) is 0 Å². The van der Waals surface area contributed by atoms with Gasteiger partial charge in [-0.3, -0.25) is 14.7 Å². The number of carboxylic acid groups (broad SMARTS) is 1. The highest BCUT2D eigenvalue weighted by atomic mass is 32.2. The monoisotopic (exact) mass is 389 g/mol. The predicted molar refractivity (Wildman–Crippen MR) is 102 cm³/mol. The molecule has 1 aromatic heterocycles. The van der Waals surface area contributed by atoms with Crippen molar-refractivity contribution >= 4 is 26.9 Å². The first kappa shape index (κ1) is 18.3. The zero-order valence-corrected chi connectivity index (χ0v) is 16.0. The lowest BCUT2D eigenvalue weighted by molar-refractivity contribution is -0.148. The maximum atomic E-state index is 12.2. The first-order valence-electron chi connectivity index (χ1n) is 9.12. The third-order valence-corrected chi connectivity index (χ3v) is 7.76. The van der Waals surface area contributed by atoms with Crippen molar-refractivity contribution in [2.45, 2.75) is 13.5 Å². The summed E-state index contributed by atoms with van der Waals surface area (Å²) in [5.74, 6) is -1.09. The molecule has 2 aliphatic rings. The van der Waals surface area contributed by atoms with E-state index in [-0.39, 0.29) is 24.8 Å². The van der Waals surface area contributed by atoms with Crippen molar-refractivity contribution in [3.05, 3.63) is 42.1 Å². The molecule has 0 radical (unpaired) electrons. The molecule has 0 bridgehead atoms. The first-order valence-corrected chi connectivity index (χ1v) is 10.7. The Hall–Kier alpha value is -2.03. The molecule has 144 valence electrons. The van der Waals surface area contributed by atoms with Gasteiger partial charge in [-0.05, 0) is 24.6 Å². The van der Waals surface area contributed by atoms with Crippen molar-refractivity contribution in [3.63, 3.8) is 0 Å². The second-order valence-corrected chi connectivity index (χ2v) is 9.77. The van der Waals surface area contributed by atoms with Gasteiger partial charge in [0.2, 0.25) is 10.0 Å². The summed E-state index contributed by atoms with van der Waals surface area (Å²) in [6.45, 7) is 3.53. The average Bonchev–Trinajstić information content (AvgIpc) is 3.18. The smallest absolute Gasteiger partial charge is 0.312 e. The molecule has 1 N–H and O–H groups in total. The van der Waals surface area contributed by atoms with Crippen LogP contribution in [0.1, 0.15) is 12.5 Å². The van der Waals surface area contributed by atoms with Gasteiger partial charge in [-0.1, -0.05) is 18.2 Å². The number of likely N-dealkylation sites (tertiary alicyclic amines) is 1. The van der Waals surface area contributed by atoms with Crippen LogP contribution in [0.3, 0.4) is 0 Å². The van der Waals surface area contributed by atoms with E-state index < -0.39 is 21.4 Å². The molecule has 3 heterocycles. The Balaban J connectivity index is 1.58. The van der Waals surface area contributed by atoms with Crippen LogP contribution in [0.25, 0.3) is 10.9 Å². The maximum Gasteiger partial charge on any atom is 0.312 e. The molecule has 7 nitrogen and oxygen atoms in total. The number of nitrogens with zero attached hydrogens (tertiary/aromatic N) is 3. The molecule has 0 aliphatic carbocycles. The molecule has 4 rings (SSSR count). The molecule has 0 unspecified atom stereocenters. The zero-order valence-electron chi connectivity index (χ0n) is 15.2. The largest absolute Gasteiger partial charge is 0.481 e. The minimum Gasteiger partial charge on any atom is -0.481 e. The normalized spacial score (nSPS) is 26.5. The summed E-state index contributed by atoms with van der Waals surface area (Å²) in [7, 11) is -3.37. The van der Waals surface area contributed by atoms with Crippen LogP contribution in [-0.2, 0) is 21.4 Å². The molecule has 1 aromatic carbocycles. The summed E-state index contributed by atoms with van der Waals surface area (Å²) < 4.78 is 25.8. The number of rotatable bonds is 5. The Kier molecular flexibility index (Phi) is 4.44. The molecule has 8 heteroatoms. The molecular formula is C19H23N3O4S. The molecule has 0 amide bonds. The van der Waals surface area contributed by atoms with E-state index in [1.54, 1.807) is 13.1 Å². The fraction of sp³-hybridized carbons (Fsp3) is 0.474. The number of pyridine rings is 1. The quantitative estimate of drug-likeness (QED) is 0.831. The van der Waals surface area contributed by atoms with Crippen LogP contribution in [0.5, 0.6) is 0 Å². The number of hydrogen-bond donors (Lipinski definition) is 1. The minimum absolute atomic E-state index is 0.00212. The van der Waals surface area contributed by atoms with Gasteiger partial charge in [0.15, 0.2) is 0 Å². The van der Waals surface area contributed by atoms with Crippen LogP contribution in [0, 0.1) is 11.3 Å². The second kappa shape index (κ2) is 6.54. The van der Waals surface area contributed by atoms with E-state index in [1.165, 1.54) is 4.31 Å². The van der Waals surface area contributed by atoms with E-state index >= 15 is 0 Å². The maximum absolute atomic E-state index is 12.2. The number of sulfonamides is 1. The lowest BCUT2D eigenvalue weighted by Gasteiger charge is -2.25. The highest BCUT2D eigenvalue weighted by Gasteiger charge is 2.59. The van der Waals surface area contributed by atoms with Crippen molar-refractivity contribution in [1.82, 2.24) is 14.2 Å². The lowest BCUT2D eigenvalue weighted by Crippen LogP contribution is -2.42. The summed E-state index contributed by atoms with van der Waals surface area (Å²) in [6, 6.07) is 9.89. The summed E-state index contributed by atoms with van der Waals surface area (Å²) >= 11 is 0. The topological polar surface area (TPSA) is 90.8 Å². The van der Waals surface area contributed by atoms with E-state index in [9.17, 15) is 18.3 Å². The van der Waals surface area contributed by atoms with Crippen LogP contribution in [0.15, 0.2) is 36.5 Å². The molecule has 27 heavy (non-hydrogen) atoms. The molecular weight excluding hydrogens is 366 g/mol. The Bertz CT molecular complexity index is 988. The van der Waals surface area contributed by atoms with Gasteiger partial charge in [0.1, 0.15) is 0 Å². The second-order valence-electron chi connectivity index (χ2n) is 7.51. The Morgan fingerprint density at radius 3 is 2.78 bits per heavy atom. The summed E-state index contributed by atoms with van der Waals surface area (Å²) in [5, 5.41) is 11.0. The molecule has 2 aliphatic heterocycles. The van der Waals surface area contributed by atoms with Crippen LogP contribution >= 0.6 is 0 Å². The number of benzene rings is 1. The van der Waals surface area contributed by atoms with Crippen molar-refractivity contribution < 1.29 is 18.3 Å².